The molecule has 6 heteroatoms. The number of hydrogen-bond acceptors (Lipinski definition) is 5. The van der Waals surface area contributed by atoms with Crippen molar-refractivity contribution in [3.8, 4) is 0 Å². The van der Waals surface area contributed by atoms with Gasteiger partial charge in [0.25, 0.3) is 0 Å². The Morgan fingerprint density at radius 1 is 1.20 bits per heavy atom. The number of anilines is 2. The Labute approximate surface area is 151 Å². The summed E-state index contributed by atoms with van der Waals surface area (Å²) in [5.74, 6) is 0.438. The highest BCUT2D eigenvalue weighted by Crippen LogP contribution is 2.35. The average Bonchev–Trinajstić information content (AvgIpc) is 3.04. The van der Waals surface area contributed by atoms with Crippen molar-refractivity contribution in [3.63, 3.8) is 0 Å². The number of nitrogens with zero attached hydrogens (tertiary/aromatic N) is 2. The summed E-state index contributed by atoms with van der Waals surface area (Å²) < 4.78 is 1.15. The lowest BCUT2D eigenvalue weighted by Crippen LogP contribution is -2.37. The van der Waals surface area contributed by atoms with Crippen LogP contribution in [0.25, 0.3) is 10.2 Å². The van der Waals surface area contributed by atoms with Gasteiger partial charge < -0.3 is 11.1 Å². The highest BCUT2D eigenvalue weighted by atomic mass is 32.1. The number of nitrogen functional groups attached to an aromatic ring is 1. The maximum absolute atomic E-state index is 13.0. The zero-order valence-corrected chi connectivity index (χ0v) is 15.3. The van der Waals surface area contributed by atoms with Crippen LogP contribution in [-0.4, -0.2) is 15.9 Å². The van der Waals surface area contributed by atoms with Crippen LogP contribution in [0, 0.1) is 5.41 Å². The van der Waals surface area contributed by atoms with Gasteiger partial charge in [0.15, 0.2) is 0 Å². The molecule has 0 unspecified atom stereocenters. The summed E-state index contributed by atoms with van der Waals surface area (Å²) in [6.45, 7) is 4.11. The van der Waals surface area contributed by atoms with E-state index < -0.39 is 5.41 Å². The van der Waals surface area contributed by atoms with Gasteiger partial charge in [-0.2, -0.15) is 0 Å². The molecule has 0 saturated heterocycles. The second-order valence-corrected chi connectivity index (χ2v) is 7.28. The second kappa shape index (κ2) is 7.19. The number of thiazole rings is 1. The SMILES string of the molecule is CCC(CC)(Cc1nc2ccccc2s1)C(=O)Nc1ccc(N)nc1. The number of rotatable bonds is 6. The molecular weight excluding hydrogens is 332 g/mol. The van der Waals surface area contributed by atoms with Gasteiger partial charge in [-0.05, 0) is 37.1 Å². The Balaban J connectivity index is 1.84. The van der Waals surface area contributed by atoms with Gasteiger partial charge >= 0.3 is 0 Å². The summed E-state index contributed by atoms with van der Waals surface area (Å²) in [5, 5.41) is 3.98. The predicted molar refractivity (Wildman–Crippen MR) is 104 cm³/mol. The number of carbonyl (C=O) groups excluding carboxylic acids is 1. The second-order valence-electron chi connectivity index (χ2n) is 6.17. The van der Waals surface area contributed by atoms with Crippen LogP contribution in [0.4, 0.5) is 11.5 Å². The molecule has 5 nitrogen and oxygen atoms in total. The van der Waals surface area contributed by atoms with Crippen molar-refractivity contribution in [2.45, 2.75) is 33.1 Å². The third kappa shape index (κ3) is 3.64. The fourth-order valence-electron chi connectivity index (χ4n) is 2.93. The Kier molecular flexibility index (Phi) is 4.99. The fraction of sp³-hybridized carbons (Fsp3) is 0.316. The molecule has 0 aliphatic heterocycles. The van der Waals surface area contributed by atoms with E-state index in [4.69, 9.17) is 10.7 Å². The minimum Gasteiger partial charge on any atom is -0.384 e. The number of pyridine rings is 1. The normalized spacial score (nSPS) is 11.6. The third-order valence-corrected chi connectivity index (χ3v) is 5.74. The first-order valence-electron chi connectivity index (χ1n) is 8.44. The fourth-order valence-corrected chi connectivity index (χ4v) is 4.04. The summed E-state index contributed by atoms with van der Waals surface area (Å²) in [6, 6.07) is 11.5. The summed E-state index contributed by atoms with van der Waals surface area (Å²) in [4.78, 5) is 21.7. The van der Waals surface area contributed by atoms with E-state index in [0.717, 1.165) is 28.1 Å². The lowest BCUT2D eigenvalue weighted by Gasteiger charge is -2.29. The van der Waals surface area contributed by atoms with E-state index >= 15 is 0 Å². The first-order valence-corrected chi connectivity index (χ1v) is 9.25. The molecule has 1 amide bonds. The molecule has 0 saturated carbocycles. The number of fused-ring (bicyclic) bond motifs is 1. The number of nitrogens with one attached hydrogen (secondary N) is 1. The van der Waals surface area contributed by atoms with E-state index in [2.05, 4.69) is 30.2 Å². The molecule has 0 aliphatic carbocycles. The summed E-state index contributed by atoms with van der Waals surface area (Å²) in [7, 11) is 0. The Hall–Kier alpha value is -2.47. The Morgan fingerprint density at radius 2 is 1.96 bits per heavy atom. The standard InChI is InChI=1S/C19H22N4OS/c1-3-19(4-2,18(24)22-13-9-10-16(20)21-12-13)11-17-23-14-7-5-6-8-15(14)25-17/h5-10,12H,3-4,11H2,1-2H3,(H2,20,21)(H,22,24). The zero-order chi connectivity index (χ0) is 17.9. The van der Waals surface area contributed by atoms with Crippen LogP contribution in [-0.2, 0) is 11.2 Å². The first kappa shape index (κ1) is 17.4. The molecule has 1 aromatic carbocycles. The Bertz CT molecular complexity index is 836. The summed E-state index contributed by atoms with van der Waals surface area (Å²) in [5.41, 5.74) is 6.77. The molecular formula is C19H22N4OS. The monoisotopic (exact) mass is 354 g/mol. The topological polar surface area (TPSA) is 80.9 Å². The van der Waals surface area contributed by atoms with Crippen LogP contribution in [0.2, 0.25) is 0 Å². The molecule has 0 bridgehead atoms. The van der Waals surface area contributed by atoms with Crippen molar-refractivity contribution in [3.05, 3.63) is 47.6 Å². The number of benzene rings is 1. The molecule has 0 fully saturated rings. The van der Waals surface area contributed by atoms with Gasteiger partial charge in [-0.15, -0.1) is 11.3 Å². The minimum absolute atomic E-state index is 0.00308. The highest BCUT2D eigenvalue weighted by molar-refractivity contribution is 7.18. The molecule has 0 atom stereocenters. The molecule has 3 N–H and O–H groups in total. The van der Waals surface area contributed by atoms with Crippen molar-refractivity contribution >= 4 is 39.0 Å². The lowest BCUT2D eigenvalue weighted by molar-refractivity contribution is -0.126. The smallest absolute Gasteiger partial charge is 0.231 e. The van der Waals surface area contributed by atoms with Gasteiger partial charge in [0.1, 0.15) is 5.82 Å². The number of amides is 1. The molecule has 2 heterocycles. The van der Waals surface area contributed by atoms with Crippen LogP contribution in [0.3, 0.4) is 0 Å². The molecule has 0 radical (unpaired) electrons. The third-order valence-electron chi connectivity index (χ3n) is 4.71. The number of carbonyl (C=O) groups is 1. The van der Waals surface area contributed by atoms with Gasteiger partial charge in [0.05, 0.1) is 32.5 Å². The molecule has 0 aliphatic rings. The maximum Gasteiger partial charge on any atom is 0.231 e. The number of nitrogens with two attached hydrogens (primary N) is 1. The van der Waals surface area contributed by atoms with Crippen LogP contribution in [0.1, 0.15) is 31.7 Å². The van der Waals surface area contributed by atoms with Crippen molar-refractivity contribution in [1.82, 2.24) is 9.97 Å². The van der Waals surface area contributed by atoms with E-state index in [1.54, 1.807) is 29.7 Å². The van der Waals surface area contributed by atoms with E-state index in [1.165, 1.54) is 0 Å². The van der Waals surface area contributed by atoms with Crippen LogP contribution in [0.5, 0.6) is 0 Å². The average molecular weight is 354 g/mol. The molecule has 3 aromatic rings. The van der Waals surface area contributed by atoms with Crippen molar-refractivity contribution in [2.24, 2.45) is 5.41 Å². The highest BCUT2D eigenvalue weighted by Gasteiger charge is 2.36. The quantitative estimate of drug-likeness (QED) is 0.693. The summed E-state index contributed by atoms with van der Waals surface area (Å²) >= 11 is 1.66. The summed E-state index contributed by atoms with van der Waals surface area (Å²) in [6.07, 6.45) is 3.70. The van der Waals surface area contributed by atoms with Gasteiger partial charge in [-0.1, -0.05) is 26.0 Å². The van der Waals surface area contributed by atoms with E-state index in [0.29, 0.717) is 17.9 Å². The Morgan fingerprint density at radius 3 is 2.60 bits per heavy atom. The zero-order valence-electron chi connectivity index (χ0n) is 14.5. The number of para-hydroxylation sites is 1. The predicted octanol–water partition coefficient (Wildman–Crippen LogP) is 4.26. The maximum atomic E-state index is 13.0. The molecule has 25 heavy (non-hydrogen) atoms. The van der Waals surface area contributed by atoms with Gasteiger partial charge in [0.2, 0.25) is 5.91 Å². The van der Waals surface area contributed by atoms with Crippen LogP contribution in [0.15, 0.2) is 42.6 Å². The largest absolute Gasteiger partial charge is 0.384 e. The van der Waals surface area contributed by atoms with Crippen molar-refractivity contribution in [1.29, 1.82) is 0 Å². The van der Waals surface area contributed by atoms with E-state index in [-0.39, 0.29) is 5.91 Å². The first-order chi connectivity index (χ1) is 12.1. The molecule has 130 valence electrons. The molecule has 3 rings (SSSR count). The van der Waals surface area contributed by atoms with Crippen LogP contribution >= 0.6 is 11.3 Å². The van der Waals surface area contributed by atoms with Gasteiger partial charge in [-0.3, -0.25) is 4.79 Å². The van der Waals surface area contributed by atoms with Crippen LogP contribution < -0.4 is 11.1 Å². The molecule has 0 spiro atoms. The van der Waals surface area contributed by atoms with E-state index in [1.807, 2.05) is 18.2 Å². The van der Waals surface area contributed by atoms with Gasteiger partial charge in [0, 0.05) is 6.42 Å². The van der Waals surface area contributed by atoms with Crippen molar-refractivity contribution in [2.75, 3.05) is 11.1 Å². The minimum atomic E-state index is -0.491. The lowest BCUT2D eigenvalue weighted by atomic mass is 9.78. The van der Waals surface area contributed by atoms with E-state index in [9.17, 15) is 4.79 Å². The van der Waals surface area contributed by atoms with Gasteiger partial charge in [-0.25, -0.2) is 9.97 Å². The van der Waals surface area contributed by atoms with Crippen molar-refractivity contribution < 1.29 is 4.79 Å². The number of hydrogen-bond donors (Lipinski definition) is 2. The molecule has 2 aromatic heterocycles. The number of aromatic nitrogens is 2.